The third kappa shape index (κ3) is 3.38. The number of ether oxygens (including phenoxy) is 4. The van der Waals surface area contributed by atoms with Crippen molar-refractivity contribution in [2.75, 3.05) is 26.8 Å². The smallest absolute Gasteiger partial charge is 0.211 e. The lowest BCUT2D eigenvalue weighted by Gasteiger charge is -2.74. The number of H-pyrrole nitrogens is 1. The lowest BCUT2D eigenvalue weighted by atomic mass is 9.35. The van der Waals surface area contributed by atoms with Gasteiger partial charge in [0, 0.05) is 42.0 Å². The normalized spacial score (nSPS) is 35.6. The van der Waals surface area contributed by atoms with Crippen molar-refractivity contribution >= 4 is 0 Å². The van der Waals surface area contributed by atoms with Crippen LogP contribution in [0.4, 0.5) is 0 Å². The fraction of sp³-hybridized carbons (Fsp3) is 0.606. The second-order valence-corrected chi connectivity index (χ2v) is 13.6. The Bertz CT molecular complexity index is 1480. The summed E-state index contributed by atoms with van der Waals surface area (Å²) in [5, 5.41) is 14.4. The Kier molecular flexibility index (Phi) is 5.61. The molecule has 10 rings (SSSR count). The van der Waals surface area contributed by atoms with E-state index >= 15 is 0 Å². The van der Waals surface area contributed by atoms with Crippen LogP contribution >= 0.6 is 0 Å². The van der Waals surface area contributed by atoms with E-state index in [0.29, 0.717) is 25.1 Å². The van der Waals surface area contributed by atoms with Crippen LogP contribution in [0.3, 0.4) is 0 Å². The highest BCUT2D eigenvalue weighted by Crippen LogP contribution is 2.76. The van der Waals surface area contributed by atoms with Gasteiger partial charge in [0.2, 0.25) is 5.82 Å². The van der Waals surface area contributed by atoms with Crippen LogP contribution in [0.1, 0.15) is 61.0 Å². The van der Waals surface area contributed by atoms with E-state index < -0.39 is 5.60 Å². The van der Waals surface area contributed by atoms with Gasteiger partial charge in [0.15, 0.2) is 18.1 Å². The van der Waals surface area contributed by atoms with E-state index in [1.165, 1.54) is 42.5 Å². The lowest BCUT2D eigenvalue weighted by molar-refractivity contribution is -0.283. The molecule has 6 atom stereocenters. The Morgan fingerprint density at radius 1 is 1.07 bits per heavy atom. The number of aromatic amines is 1. The number of aromatic nitrogens is 4. The van der Waals surface area contributed by atoms with Gasteiger partial charge in [0.1, 0.15) is 11.7 Å². The van der Waals surface area contributed by atoms with Crippen LogP contribution in [-0.2, 0) is 34.5 Å². The van der Waals surface area contributed by atoms with Gasteiger partial charge in [0.25, 0.3) is 0 Å². The highest BCUT2D eigenvalue weighted by atomic mass is 16.6. The highest BCUT2D eigenvalue weighted by Gasteiger charge is 2.80. The monoisotopic (exact) mass is 569 g/mol. The SMILES string of the molecule is COC12CCC3(CC1COCc1ccccc1)C1Cc4ccc(OCc5nn[nH]n5)c5c4C3(CCN1CC1CC1)C2O5. The molecule has 4 bridgehead atoms. The van der Waals surface area contributed by atoms with Crippen molar-refractivity contribution in [2.24, 2.45) is 17.3 Å². The van der Waals surface area contributed by atoms with Crippen molar-refractivity contribution in [3.8, 4) is 11.5 Å². The van der Waals surface area contributed by atoms with E-state index in [1.54, 1.807) is 0 Å². The summed E-state index contributed by atoms with van der Waals surface area (Å²) in [4.78, 5) is 2.88. The minimum absolute atomic E-state index is 0.0580. The van der Waals surface area contributed by atoms with E-state index in [9.17, 15) is 0 Å². The first-order chi connectivity index (χ1) is 20.7. The average molecular weight is 570 g/mol. The van der Waals surface area contributed by atoms with Gasteiger partial charge < -0.3 is 18.9 Å². The number of rotatable bonds is 10. The van der Waals surface area contributed by atoms with Crippen LogP contribution in [0.15, 0.2) is 42.5 Å². The summed E-state index contributed by atoms with van der Waals surface area (Å²) in [5.41, 5.74) is 3.71. The van der Waals surface area contributed by atoms with Crippen molar-refractivity contribution in [2.45, 2.75) is 81.3 Å². The average Bonchev–Trinajstić information content (AvgIpc) is 3.53. The largest absolute Gasteiger partial charge is 0.482 e. The van der Waals surface area contributed by atoms with E-state index in [0.717, 1.165) is 49.6 Å². The molecule has 9 heteroatoms. The number of likely N-dealkylation sites (tertiary alicyclic amines) is 1. The number of piperidine rings is 1. The van der Waals surface area contributed by atoms with Crippen LogP contribution in [-0.4, -0.2) is 70.1 Å². The molecule has 6 unspecified atom stereocenters. The van der Waals surface area contributed by atoms with Crippen LogP contribution in [0.5, 0.6) is 11.5 Å². The van der Waals surface area contributed by atoms with Gasteiger partial charge in [-0.2, -0.15) is 5.21 Å². The summed E-state index contributed by atoms with van der Waals surface area (Å²) in [5.74, 6) is 3.37. The first kappa shape index (κ1) is 25.5. The fourth-order valence-electron chi connectivity index (χ4n) is 10.1. The predicted molar refractivity (Wildman–Crippen MR) is 153 cm³/mol. The maximum absolute atomic E-state index is 7.24. The molecule has 7 aliphatic rings. The molecule has 0 amide bonds. The van der Waals surface area contributed by atoms with E-state index in [2.05, 4.69) is 68.0 Å². The molecule has 3 aromatic rings. The molecule has 2 spiro atoms. The molecule has 1 N–H and O–H groups in total. The lowest BCUT2D eigenvalue weighted by Crippen LogP contribution is -2.81. The van der Waals surface area contributed by atoms with Crippen LogP contribution in [0, 0.1) is 17.3 Å². The Morgan fingerprint density at radius 2 is 1.98 bits per heavy atom. The van der Waals surface area contributed by atoms with E-state index in [1.807, 2.05) is 7.11 Å². The number of hydrogen-bond donors (Lipinski definition) is 1. The summed E-state index contributed by atoms with van der Waals surface area (Å²) in [7, 11) is 1.91. The van der Waals surface area contributed by atoms with Gasteiger partial charge >= 0.3 is 0 Å². The highest BCUT2D eigenvalue weighted by molar-refractivity contribution is 5.63. The van der Waals surface area contributed by atoms with Crippen molar-refractivity contribution in [3.05, 3.63) is 65.0 Å². The molecule has 1 saturated heterocycles. The van der Waals surface area contributed by atoms with Crippen molar-refractivity contribution < 1.29 is 18.9 Å². The maximum atomic E-state index is 7.24. The first-order valence-electron chi connectivity index (χ1n) is 15.8. The van der Waals surface area contributed by atoms with Gasteiger partial charge in [0.05, 0.1) is 13.2 Å². The van der Waals surface area contributed by atoms with Crippen molar-refractivity contribution in [1.82, 2.24) is 25.5 Å². The quantitative estimate of drug-likeness (QED) is 0.388. The Balaban J connectivity index is 1.12. The zero-order chi connectivity index (χ0) is 27.9. The summed E-state index contributed by atoms with van der Waals surface area (Å²) in [6.07, 6.45) is 8.20. The van der Waals surface area contributed by atoms with Gasteiger partial charge in [-0.3, -0.25) is 4.90 Å². The molecule has 220 valence electrons. The number of methoxy groups -OCH3 is 1. The first-order valence-corrected chi connectivity index (χ1v) is 15.8. The van der Waals surface area contributed by atoms with E-state index in [4.69, 9.17) is 18.9 Å². The Labute approximate surface area is 246 Å². The zero-order valence-corrected chi connectivity index (χ0v) is 24.3. The zero-order valence-electron chi connectivity index (χ0n) is 24.3. The number of fused-ring (bicyclic) bond motifs is 2. The van der Waals surface area contributed by atoms with Gasteiger partial charge in [-0.1, -0.05) is 41.6 Å². The Hall–Kier alpha value is -3.01. The second-order valence-electron chi connectivity index (χ2n) is 13.6. The third-order valence-corrected chi connectivity index (χ3v) is 12.0. The summed E-state index contributed by atoms with van der Waals surface area (Å²) >= 11 is 0. The number of tetrazole rings is 1. The number of hydrogen-bond acceptors (Lipinski definition) is 8. The van der Waals surface area contributed by atoms with Crippen LogP contribution in [0.25, 0.3) is 0 Å². The van der Waals surface area contributed by atoms with Crippen molar-refractivity contribution in [1.29, 1.82) is 0 Å². The molecular formula is C33H39N5O4. The minimum atomic E-state index is -0.403. The van der Waals surface area contributed by atoms with E-state index in [-0.39, 0.29) is 29.5 Å². The molecule has 0 radical (unpaired) electrons. The molecule has 9 nitrogen and oxygen atoms in total. The van der Waals surface area contributed by atoms with Gasteiger partial charge in [-0.05, 0) is 74.6 Å². The number of nitrogens with one attached hydrogen (secondary N) is 1. The molecule has 5 aliphatic carbocycles. The topological polar surface area (TPSA) is 94.6 Å². The molecule has 2 aromatic carbocycles. The molecule has 42 heavy (non-hydrogen) atoms. The molecule has 2 aliphatic heterocycles. The van der Waals surface area contributed by atoms with Crippen LogP contribution in [0.2, 0.25) is 0 Å². The summed E-state index contributed by atoms with van der Waals surface area (Å²) in [6.45, 7) is 3.92. The fourth-order valence-corrected chi connectivity index (χ4v) is 10.1. The predicted octanol–water partition coefficient (Wildman–Crippen LogP) is 4.22. The third-order valence-electron chi connectivity index (χ3n) is 12.0. The Morgan fingerprint density at radius 3 is 2.79 bits per heavy atom. The number of nitrogens with zero attached hydrogens (tertiary/aromatic N) is 4. The summed E-state index contributed by atoms with van der Waals surface area (Å²) < 4.78 is 26.8. The molecular weight excluding hydrogens is 530 g/mol. The minimum Gasteiger partial charge on any atom is -0.482 e. The van der Waals surface area contributed by atoms with Gasteiger partial charge in [-0.15, -0.1) is 10.2 Å². The maximum Gasteiger partial charge on any atom is 0.211 e. The van der Waals surface area contributed by atoms with Crippen LogP contribution < -0.4 is 9.47 Å². The second kappa shape index (κ2) is 9.24. The molecule has 4 saturated carbocycles. The summed E-state index contributed by atoms with van der Waals surface area (Å²) in [6, 6.07) is 15.4. The van der Waals surface area contributed by atoms with Gasteiger partial charge in [-0.25, -0.2) is 0 Å². The number of benzene rings is 2. The molecule has 3 heterocycles. The molecule has 5 fully saturated rings. The van der Waals surface area contributed by atoms with Crippen molar-refractivity contribution in [3.63, 3.8) is 0 Å². The standard InChI is InChI=1S/C33H39N5O4/c1-39-33-12-11-31(16-24(33)19-40-18-22-5-3-2-4-6-22)26-15-23-9-10-25(41-20-27-34-36-37-35-27)29-28(23)32(31,30(33)42-29)13-14-38(26)17-21-7-8-21/h2-6,9-10,21,24,26,30H,7-8,11-20H2,1H3,(H,34,35,36,37). The molecule has 1 aromatic heterocycles.